The number of ether oxygens (including phenoxy) is 1. The van der Waals surface area contributed by atoms with Crippen LogP contribution in [-0.4, -0.2) is 33.3 Å². The van der Waals surface area contributed by atoms with E-state index in [-0.39, 0.29) is 11.7 Å². The molecule has 152 valence electrons. The van der Waals surface area contributed by atoms with E-state index in [2.05, 4.69) is 10.6 Å². The smallest absolute Gasteiger partial charge is 0.418 e. The second kappa shape index (κ2) is 8.86. The fourth-order valence-electron chi connectivity index (χ4n) is 2.74. The first-order valence-electron chi connectivity index (χ1n) is 8.69. The highest BCUT2D eigenvalue weighted by Gasteiger charge is 2.34. The van der Waals surface area contributed by atoms with Crippen LogP contribution in [0.1, 0.15) is 18.1 Å². The van der Waals surface area contributed by atoms with Crippen molar-refractivity contribution in [2.45, 2.75) is 25.6 Å². The van der Waals surface area contributed by atoms with Crippen molar-refractivity contribution in [3.8, 4) is 5.75 Å². The van der Waals surface area contributed by atoms with Crippen LogP contribution in [0.5, 0.6) is 5.75 Å². The van der Waals surface area contributed by atoms with Crippen LogP contribution in [-0.2, 0) is 12.6 Å². The summed E-state index contributed by atoms with van der Waals surface area (Å²) >= 11 is 0. The molecule has 0 radical (unpaired) electrons. The van der Waals surface area contributed by atoms with Crippen LogP contribution in [0.25, 0.3) is 0 Å². The fourth-order valence-corrected chi connectivity index (χ4v) is 2.74. The molecule has 0 spiro atoms. The van der Waals surface area contributed by atoms with E-state index in [0.717, 1.165) is 11.6 Å². The first-order chi connectivity index (χ1) is 13.1. The second-order valence-corrected chi connectivity index (χ2v) is 6.68. The minimum atomic E-state index is -4.58. The molecule has 8 heteroatoms. The lowest BCUT2D eigenvalue weighted by atomic mass is 10.1. The summed E-state index contributed by atoms with van der Waals surface area (Å²) in [4.78, 5) is 13.8. The van der Waals surface area contributed by atoms with Gasteiger partial charge in [0, 0.05) is 25.8 Å². The number of benzene rings is 2. The molecule has 0 heterocycles. The number of carbonyl (C=O) groups is 1. The van der Waals surface area contributed by atoms with E-state index in [1.54, 1.807) is 33.0 Å². The van der Waals surface area contributed by atoms with Gasteiger partial charge in [-0.05, 0) is 49.2 Å². The van der Waals surface area contributed by atoms with Gasteiger partial charge in [-0.15, -0.1) is 0 Å². The lowest BCUT2D eigenvalue weighted by Crippen LogP contribution is -2.37. The Morgan fingerprint density at radius 2 is 1.89 bits per heavy atom. The van der Waals surface area contributed by atoms with E-state index in [0.29, 0.717) is 17.9 Å². The van der Waals surface area contributed by atoms with Gasteiger partial charge >= 0.3 is 12.2 Å². The number of carbonyl (C=O) groups excluding carboxylic acids is 1. The summed E-state index contributed by atoms with van der Waals surface area (Å²) in [5, 5.41) is 4.97. The van der Waals surface area contributed by atoms with Gasteiger partial charge in [0.05, 0.1) is 18.4 Å². The molecule has 0 saturated carbocycles. The van der Waals surface area contributed by atoms with Crippen LogP contribution in [0.3, 0.4) is 0 Å². The Kier molecular flexibility index (Phi) is 6.77. The van der Waals surface area contributed by atoms with E-state index < -0.39 is 17.8 Å². The van der Waals surface area contributed by atoms with E-state index in [1.165, 1.54) is 12.1 Å². The molecule has 1 unspecified atom stereocenters. The number of amides is 2. The topological polar surface area (TPSA) is 53.6 Å². The summed E-state index contributed by atoms with van der Waals surface area (Å²) < 4.78 is 45.2. The van der Waals surface area contributed by atoms with Gasteiger partial charge in [0.25, 0.3) is 0 Å². The number of hydrogen-bond acceptors (Lipinski definition) is 3. The Morgan fingerprint density at radius 1 is 1.18 bits per heavy atom. The van der Waals surface area contributed by atoms with Crippen molar-refractivity contribution in [3.05, 3.63) is 53.6 Å². The molecule has 2 N–H and O–H groups in total. The van der Waals surface area contributed by atoms with Crippen molar-refractivity contribution < 1.29 is 22.7 Å². The molecule has 28 heavy (non-hydrogen) atoms. The third kappa shape index (κ3) is 5.80. The number of nitrogens with one attached hydrogen (secondary N) is 2. The van der Waals surface area contributed by atoms with E-state index >= 15 is 0 Å². The number of alkyl halides is 3. The van der Waals surface area contributed by atoms with Gasteiger partial charge in [0.1, 0.15) is 5.75 Å². The molecule has 2 aromatic carbocycles. The molecule has 2 amide bonds. The Hall–Kier alpha value is -2.90. The molecular weight excluding hydrogens is 371 g/mol. The molecule has 1 atom stereocenters. The maximum Gasteiger partial charge on any atom is 0.418 e. The number of anilines is 2. The van der Waals surface area contributed by atoms with Crippen molar-refractivity contribution >= 4 is 17.4 Å². The zero-order chi connectivity index (χ0) is 20.9. The summed E-state index contributed by atoms with van der Waals surface area (Å²) in [6, 6.07) is 10.2. The Morgan fingerprint density at radius 3 is 2.50 bits per heavy atom. The third-order valence-electron chi connectivity index (χ3n) is 4.13. The first kappa shape index (κ1) is 21.4. The minimum Gasteiger partial charge on any atom is -0.497 e. The lowest BCUT2D eigenvalue weighted by molar-refractivity contribution is -0.136. The summed E-state index contributed by atoms with van der Waals surface area (Å²) in [6.07, 6.45) is -4.07. The van der Waals surface area contributed by atoms with E-state index in [1.807, 2.05) is 24.3 Å². The number of rotatable bonds is 6. The van der Waals surface area contributed by atoms with Crippen molar-refractivity contribution in [3.63, 3.8) is 0 Å². The van der Waals surface area contributed by atoms with Gasteiger partial charge in [-0.25, -0.2) is 4.79 Å². The van der Waals surface area contributed by atoms with Gasteiger partial charge in [0.15, 0.2) is 0 Å². The first-order valence-corrected chi connectivity index (χ1v) is 8.69. The summed E-state index contributed by atoms with van der Waals surface area (Å²) in [5.74, 6) is 0.699. The maximum atomic E-state index is 13.4. The molecule has 0 fully saturated rings. The second-order valence-electron chi connectivity index (χ2n) is 6.68. The van der Waals surface area contributed by atoms with Crippen LogP contribution in [0, 0.1) is 0 Å². The highest BCUT2D eigenvalue weighted by atomic mass is 19.4. The molecule has 0 saturated heterocycles. The number of methoxy groups -OCH3 is 1. The van der Waals surface area contributed by atoms with Crippen LogP contribution < -0.4 is 20.3 Å². The average Bonchev–Trinajstić information content (AvgIpc) is 2.60. The minimum absolute atomic E-state index is 0.288. The van der Waals surface area contributed by atoms with Crippen LogP contribution in [0.4, 0.5) is 29.3 Å². The molecule has 0 aromatic heterocycles. The quantitative estimate of drug-likeness (QED) is 0.756. The molecule has 2 aromatic rings. The zero-order valence-corrected chi connectivity index (χ0v) is 16.2. The molecular formula is C20H24F3N3O2. The van der Waals surface area contributed by atoms with Gasteiger partial charge in [0.2, 0.25) is 0 Å². The number of nitrogens with zero attached hydrogens (tertiary/aromatic N) is 1. The third-order valence-corrected chi connectivity index (χ3v) is 4.13. The Labute approximate surface area is 162 Å². The molecule has 0 bridgehead atoms. The fraction of sp³-hybridized carbons (Fsp3) is 0.350. The molecule has 5 nitrogen and oxygen atoms in total. The number of halogens is 3. The van der Waals surface area contributed by atoms with E-state index in [4.69, 9.17) is 4.74 Å². The van der Waals surface area contributed by atoms with Crippen molar-refractivity contribution in [1.29, 1.82) is 0 Å². The molecule has 0 aliphatic heterocycles. The van der Waals surface area contributed by atoms with Crippen molar-refractivity contribution in [1.82, 2.24) is 5.32 Å². The summed E-state index contributed by atoms with van der Waals surface area (Å²) in [6.45, 7) is 1.78. The highest BCUT2D eigenvalue weighted by molar-refractivity contribution is 5.90. The molecule has 0 aliphatic carbocycles. The van der Waals surface area contributed by atoms with Gasteiger partial charge < -0.3 is 20.3 Å². The number of hydrogen-bond donors (Lipinski definition) is 2. The predicted octanol–water partition coefficient (Wildman–Crippen LogP) is 4.53. The van der Waals surface area contributed by atoms with Crippen molar-refractivity contribution in [2.24, 2.45) is 0 Å². The summed E-state index contributed by atoms with van der Waals surface area (Å²) in [5.41, 5.74) is 0.154. The van der Waals surface area contributed by atoms with Crippen LogP contribution in [0.15, 0.2) is 42.5 Å². The van der Waals surface area contributed by atoms with Gasteiger partial charge in [-0.2, -0.15) is 13.2 Å². The Bertz CT molecular complexity index is 823. The summed E-state index contributed by atoms with van der Waals surface area (Å²) in [7, 11) is 4.86. The maximum absolute atomic E-state index is 13.4. The predicted molar refractivity (Wildman–Crippen MR) is 104 cm³/mol. The highest BCUT2D eigenvalue weighted by Crippen LogP contribution is 2.37. The van der Waals surface area contributed by atoms with Gasteiger partial charge in [-0.3, -0.25) is 0 Å². The largest absolute Gasteiger partial charge is 0.497 e. The SMILES string of the molecule is COc1cccc(CC(C)NC(=O)Nc2ccc(N(C)C)cc2C(F)(F)F)c1. The van der Waals surface area contributed by atoms with E-state index in [9.17, 15) is 18.0 Å². The molecule has 0 aliphatic rings. The zero-order valence-electron chi connectivity index (χ0n) is 16.2. The standard InChI is InChI=1S/C20H24F3N3O2/c1-13(10-14-6-5-7-16(11-14)28-4)24-19(27)25-18-9-8-15(26(2)3)12-17(18)20(21,22)23/h5-9,11-13H,10H2,1-4H3,(H2,24,25,27). The average molecular weight is 395 g/mol. The van der Waals surface area contributed by atoms with Crippen molar-refractivity contribution in [2.75, 3.05) is 31.4 Å². The normalized spacial score (nSPS) is 12.2. The monoisotopic (exact) mass is 395 g/mol. The van der Waals surface area contributed by atoms with Gasteiger partial charge in [-0.1, -0.05) is 12.1 Å². The Balaban J connectivity index is 2.07. The molecule has 2 rings (SSSR count). The number of urea groups is 1. The lowest BCUT2D eigenvalue weighted by Gasteiger charge is -2.20. The van der Waals surface area contributed by atoms with Crippen LogP contribution in [0.2, 0.25) is 0 Å². The van der Waals surface area contributed by atoms with Crippen LogP contribution >= 0.6 is 0 Å².